The summed E-state index contributed by atoms with van der Waals surface area (Å²) in [6.07, 6.45) is 3.66. The van der Waals surface area contributed by atoms with Crippen LogP contribution in [0.25, 0.3) is 0 Å². The van der Waals surface area contributed by atoms with E-state index in [0.29, 0.717) is 10.6 Å². The van der Waals surface area contributed by atoms with E-state index in [2.05, 4.69) is 17.0 Å². The lowest BCUT2D eigenvalue weighted by Gasteiger charge is -2.26. The second-order valence-corrected chi connectivity index (χ2v) is 5.47. The van der Waals surface area contributed by atoms with E-state index in [0.717, 1.165) is 31.1 Å². The zero-order valence-electron chi connectivity index (χ0n) is 11.1. The molecule has 2 rings (SSSR count). The van der Waals surface area contributed by atoms with Crippen molar-refractivity contribution >= 4 is 23.1 Å². The van der Waals surface area contributed by atoms with Crippen molar-refractivity contribution in [2.45, 2.75) is 26.2 Å². The van der Waals surface area contributed by atoms with Gasteiger partial charge in [-0.15, -0.1) is 0 Å². The Kier molecular flexibility index (Phi) is 4.53. The quantitative estimate of drug-likeness (QED) is 0.365. The molecule has 0 aliphatic heterocycles. The van der Waals surface area contributed by atoms with Crippen molar-refractivity contribution in [1.82, 2.24) is 0 Å². The molecule has 0 unspecified atom stereocenters. The average molecular weight is 282 g/mol. The number of hydrogen-bond acceptors (Lipinski definition) is 3. The standard InChI is InChI=1S/C14H20ClN3O/c1-2-7-18(9-10-3-4-10)13-6-5-11(15)8-12(13)14(16)17-19/h5-6,8,10,19H,2-4,7,9H2,1H3,(H2,16,17). The van der Waals surface area contributed by atoms with Crippen molar-refractivity contribution in [3.8, 4) is 0 Å². The molecule has 0 bridgehead atoms. The zero-order valence-corrected chi connectivity index (χ0v) is 11.9. The molecule has 1 aromatic rings. The average Bonchev–Trinajstić information content (AvgIpc) is 3.21. The Balaban J connectivity index is 2.33. The largest absolute Gasteiger partial charge is 0.409 e. The molecule has 1 aromatic carbocycles. The van der Waals surface area contributed by atoms with Crippen LogP contribution in [-0.2, 0) is 0 Å². The number of halogens is 1. The minimum absolute atomic E-state index is 0.106. The molecular formula is C14H20ClN3O. The first-order chi connectivity index (χ1) is 9.15. The number of hydrogen-bond donors (Lipinski definition) is 2. The van der Waals surface area contributed by atoms with Crippen LogP contribution in [0, 0.1) is 5.92 Å². The molecule has 0 spiro atoms. The van der Waals surface area contributed by atoms with Gasteiger partial charge in [0.1, 0.15) is 0 Å². The summed E-state index contributed by atoms with van der Waals surface area (Å²) < 4.78 is 0. The van der Waals surface area contributed by atoms with E-state index >= 15 is 0 Å². The molecule has 0 saturated heterocycles. The SMILES string of the molecule is CCCN(CC1CC1)c1ccc(Cl)cc1C(N)=NO. The van der Waals surface area contributed by atoms with Crippen molar-refractivity contribution in [2.75, 3.05) is 18.0 Å². The summed E-state index contributed by atoms with van der Waals surface area (Å²) in [4.78, 5) is 2.31. The topological polar surface area (TPSA) is 61.8 Å². The Hall–Kier alpha value is -1.42. The number of amidine groups is 1. The highest BCUT2D eigenvalue weighted by molar-refractivity contribution is 6.31. The Morgan fingerprint density at radius 2 is 2.26 bits per heavy atom. The minimum Gasteiger partial charge on any atom is -0.409 e. The van der Waals surface area contributed by atoms with Gasteiger partial charge in [0.2, 0.25) is 0 Å². The fourth-order valence-electron chi connectivity index (χ4n) is 2.24. The van der Waals surface area contributed by atoms with Gasteiger partial charge >= 0.3 is 0 Å². The van der Waals surface area contributed by atoms with Crippen LogP contribution in [0.2, 0.25) is 5.02 Å². The molecule has 0 heterocycles. The Bertz CT molecular complexity index is 472. The fraction of sp³-hybridized carbons (Fsp3) is 0.500. The predicted octanol–water partition coefficient (Wildman–Crippen LogP) is 3.06. The lowest BCUT2D eigenvalue weighted by molar-refractivity contribution is 0.318. The maximum absolute atomic E-state index is 8.91. The lowest BCUT2D eigenvalue weighted by Crippen LogP contribution is -2.29. The van der Waals surface area contributed by atoms with E-state index in [-0.39, 0.29) is 5.84 Å². The summed E-state index contributed by atoms with van der Waals surface area (Å²) in [5, 5.41) is 12.6. The summed E-state index contributed by atoms with van der Waals surface area (Å²) in [6.45, 7) is 4.14. The Labute approximate surface area is 118 Å². The highest BCUT2D eigenvalue weighted by Gasteiger charge is 2.25. The summed E-state index contributed by atoms with van der Waals surface area (Å²) >= 11 is 6.01. The van der Waals surface area contributed by atoms with Gasteiger partial charge in [0.05, 0.1) is 0 Å². The molecule has 1 saturated carbocycles. The van der Waals surface area contributed by atoms with Crippen molar-refractivity contribution in [3.63, 3.8) is 0 Å². The molecule has 104 valence electrons. The van der Waals surface area contributed by atoms with Crippen LogP contribution in [0.3, 0.4) is 0 Å². The van der Waals surface area contributed by atoms with Crippen molar-refractivity contribution in [1.29, 1.82) is 0 Å². The molecule has 1 aliphatic rings. The second-order valence-electron chi connectivity index (χ2n) is 5.04. The fourth-order valence-corrected chi connectivity index (χ4v) is 2.41. The number of anilines is 1. The van der Waals surface area contributed by atoms with Gasteiger partial charge in [-0.25, -0.2) is 0 Å². The van der Waals surface area contributed by atoms with Crippen LogP contribution < -0.4 is 10.6 Å². The molecule has 1 fully saturated rings. The Morgan fingerprint density at radius 1 is 1.53 bits per heavy atom. The van der Waals surface area contributed by atoms with Crippen molar-refractivity contribution in [2.24, 2.45) is 16.8 Å². The molecule has 5 heteroatoms. The third-order valence-corrected chi connectivity index (χ3v) is 3.59. The van der Waals surface area contributed by atoms with Crippen molar-refractivity contribution < 1.29 is 5.21 Å². The number of benzene rings is 1. The van der Waals surface area contributed by atoms with Crippen LogP contribution in [0.4, 0.5) is 5.69 Å². The van der Waals surface area contributed by atoms with Crippen LogP contribution in [0.15, 0.2) is 23.4 Å². The maximum Gasteiger partial charge on any atom is 0.172 e. The van der Waals surface area contributed by atoms with E-state index in [1.807, 2.05) is 12.1 Å². The molecule has 4 nitrogen and oxygen atoms in total. The summed E-state index contributed by atoms with van der Waals surface area (Å²) in [7, 11) is 0. The molecule has 1 aliphatic carbocycles. The molecular weight excluding hydrogens is 262 g/mol. The zero-order chi connectivity index (χ0) is 13.8. The third-order valence-electron chi connectivity index (χ3n) is 3.35. The van der Waals surface area contributed by atoms with E-state index in [9.17, 15) is 0 Å². The van der Waals surface area contributed by atoms with Gasteiger partial charge in [0, 0.05) is 29.4 Å². The molecule has 0 amide bonds. The van der Waals surface area contributed by atoms with Crippen LogP contribution in [-0.4, -0.2) is 24.1 Å². The highest BCUT2D eigenvalue weighted by Crippen LogP contribution is 2.33. The molecule has 19 heavy (non-hydrogen) atoms. The number of nitrogens with zero attached hydrogens (tertiary/aromatic N) is 2. The molecule has 0 aromatic heterocycles. The van der Waals surface area contributed by atoms with Gasteiger partial charge in [-0.05, 0) is 43.4 Å². The molecule has 3 N–H and O–H groups in total. The monoisotopic (exact) mass is 281 g/mol. The lowest BCUT2D eigenvalue weighted by atomic mass is 10.1. The second kappa shape index (κ2) is 6.15. The van der Waals surface area contributed by atoms with Gasteiger partial charge < -0.3 is 15.8 Å². The van der Waals surface area contributed by atoms with Gasteiger partial charge in [0.15, 0.2) is 5.84 Å². The first-order valence-corrected chi connectivity index (χ1v) is 7.06. The summed E-state index contributed by atoms with van der Waals surface area (Å²) in [5.74, 6) is 0.886. The Morgan fingerprint density at radius 3 is 2.84 bits per heavy atom. The van der Waals surface area contributed by atoms with E-state index < -0.39 is 0 Å². The van der Waals surface area contributed by atoms with Crippen LogP contribution in [0.5, 0.6) is 0 Å². The maximum atomic E-state index is 8.91. The molecule has 0 atom stereocenters. The van der Waals surface area contributed by atoms with Gasteiger partial charge in [0.25, 0.3) is 0 Å². The van der Waals surface area contributed by atoms with E-state index in [1.165, 1.54) is 12.8 Å². The number of nitrogens with two attached hydrogens (primary N) is 1. The minimum atomic E-state index is 0.106. The molecule has 0 radical (unpaired) electrons. The van der Waals surface area contributed by atoms with Crippen LogP contribution in [0.1, 0.15) is 31.7 Å². The van der Waals surface area contributed by atoms with Gasteiger partial charge in [-0.3, -0.25) is 0 Å². The first-order valence-electron chi connectivity index (χ1n) is 6.68. The summed E-state index contributed by atoms with van der Waals surface area (Å²) in [5.41, 5.74) is 7.45. The third kappa shape index (κ3) is 3.53. The van der Waals surface area contributed by atoms with Gasteiger partial charge in [-0.1, -0.05) is 23.7 Å². The number of rotatable bonds is 6. The highest BCUT2D eigenvalue weighted by atomic mass is 35.5. The first kappa shape index (κ1) is 14.0. The van der Waals surface area contributed by atoms with Gasteiger partial charge in [-0.2, -0.15) is 0 Å². The van der Waals surface area contributed by atoms with E-state index in [4.69, 9.17) is 22.5 Å². The predicted molar refractivity (Wildman–Crippen MR) is 79.2 cm³/mol. The smallest absolute Gasteiger partial charge is 0.172 e. The number of oxime groups is 1. The normalized spacial score (nSPS) is 15.6. The summed E-state index contributed by atoms with van der Waals surface area (Å²) in [6, 6.07) is 5.55. The van der Waals surface area contributed by atoms with Crippen molar-refractivity contribution in [3.05, 3.63) is 28.8 Å². The van der Waals surface area contributed by atoms with Crippen LogP contribution >= 0.6 is 11.6 Å². The van der Waals surface area contributed by atoms with E-state index in [1.54, 1.807) is 6.07 Å².